The van der Waals surface area contributed by atoms with E-state index in [1.54, 1.807) is 0 Å². The fraction of sp³-hybridized carbons (Fsp3) is 0. The topological polar surface area (TPSA) is 115 Å². The summed E-state index contributed by atoms with van der Waals surface area (Å²) in [4.78, 5) is 10.0. The molecule has 0 radical (unpaired) electrons. The Morgan fingerprint density at radius 2 is 1.70 bits per heavy atom. The maximum atomic E-state index is 10.0. The van der Waals surface area contributed by atoms with E-state index in [1.807, 2.05) is 0 Å². The summed E-state index contributed by atoms with van der Waals surface area (Å²) in [6, 6.07) is 0. The molecular weight excluding hydrogens is 134 g/mol. The molecule has 0 amide bonds. The molecule has 0 bridgehead atoms. The van der Waals surface area contributed by atoms with Crippen LogP contribution < -0.4 is 17.2 Å². The van der Waals surface area contributed by atoms with Gasteiger partial charge in [-0.05, 0) is 12.2 Å². The third-order valence-electron chi connectivity index (χ3n) is 0.702. The number of rotatable bonds is 2. The Morgan fingerprint density at radius 1 is 1.20 bits per heavy atom. The van der Waals surface area contributed by atoms with Crippen LogP contribution in [0, 0.1) is 0 Å². The van der Waals surface area contributed by atoms with Gasteiger partial charge in [-0.3, -0.25) is 0 Å². The summed E-state index contributed by atoms with van der Waals surface area (Å²) in [6.45, 7) is 0. The second-order valence-corrected chi connectivity index (χ2v) is 1.59. The van der Waals surface area contributed by atoms with E-state index in [0.717, 1.165) is 6.08 Å². The molecule has 0 spiro atoms. The first kappa shape index (κ1) is 8.35. The minimum Gasteiger partial charge on any atom is -0.477 e. The van der Waals surface area contributed by atoms with Crippen LogP contribution in [0.2, 0.25) is 0 Å². The van der Waals surface area contributed by atoms with E-state index in [-0.39, 0.29) is 11.5 Å². The lowest BCUT2D eigenvalue weighted by atomic mass is 10.4. The van der Waals surface area contributed by atoms with Crippen molar-refractivity contribution in [3.63, 3.8) is 0 Å². The second kappa shape index (κ2) is 3.39. The van der Waals surface area contributed by atoms with Crippen LogP contribution in [0.25, 0.3) is 0 Å². The Bertz CT molecular complexity index is 191. The minimum absolute atomic E-state index is 0.0178. The van der Waals surface area contributed by atoms with Gasteiger partial charge in [0.15, 0.2) is 0 Å². The second-order valence-electron chi connectivity index (χ2n) is 1.59. The van der Waals surface area contributed by atoms with Gasteiger partial charge in [-0.15, -0.1) is 0 Å². The molecule has 0 aromatic heterocycles. The molecule has 0 aromatic rings. The molecule has 0 aliphatic carbocycles. The molecule has 5 nitrogen and oxygen atoms in total. The third kappa shape index (κ3) is 3.36. The van der Waals surface area contributed by atoms with Crippen molar-refractivity contribution in [2.75, 3.05) is 0 Å². The SMILES string of the molecule is NC(N)=C/C=C(\N)C(=O)O. The predicted molar refractivity (Wildman–Crippen MR) is 36.4 cm³/mol. The third-order valence-corrected chi connectivity index (χ3v) is 0.702. The summed E-state index contributed by atoms with van der Waals surface area (Å²) in [5.74, 6) is -1.18. The van der Waals surface area contributed by atoms with Gasteiger partial charge in [0.25, 0.3) is 0 Å². The van der Waals surface area contributed by atoms with Crippen molar-refractivity contribution in [1.29, 1.82) is 0 Å². The van der Waals surface area contributed by atoms with Gasteiger partial charge in [0.1, 0.15) is 5.70 Å². The van der Waals surface area contributed by atoms with Gasteiger partial charge in [-0.1, -0.05) is 0 Å². The standard InChI is InChI=1S/C5H9N3O2/c6-3(5(9)10)1-2-4(7)8/h1-2H,6-8H2,(H,9,10)/b3-1-. The number of carboxylic acid groups (broad SMARTS) is 1. The zero-order valence-electron chi connectivity index (χ0n) is 5.24. The smallest absolute Gasteiger partial charge is 0.351 e. The number of hydrogen-bond acceptors (Lipinski definition) is 4. The van der Waals surface area contributed by atoms with Gasteiger partial charge in [0, 0.05) is 0 Å². The largest absolute Gasteiger partial charge is 0.477 e. The molecular formula is C5H9N3O2. The molecule has 0 aromatic carbocycles. The van der Waals surface area contributed by atoms with E-state index >= 15 is 0 Å². The fourth-order valence-electron chi connectivity index (χ4n) is 0.257. The van der Waals surface area contributed by atoms with Gasteiger partial charge in [-0.2, -0.15) is 0 Å². The van der Waals surface area contributed by atoms with Gasteiger partial charge in [0.05, 0.1) is 5.82 Å². The number of carbonyl (C=O) groups is 1. The summed E-state index contributed by atoms with van der Waals surface area (Å²) in [5.41, 5.74) is 14.6. The van der Waals surface area contributed by atoms with E-state index in [4.69, 9.17) is 22.3 Å². The molecule has 7 N–H and O–H groups in total. The van der Waals surface area contributed by atoms with Crippen LogP contribution in [0.4, 0.5) is 0 Å². The number of nitrogens with two attached hydrogens (primary N) is 3. The van der Waals surface area contributed by atoms with Crippen LogP contribution >= 0.6 is 0 Å². The lowest BCUT2D eigenvalue weighted by Crippen LogP contribution is -2.11. The molecule has 0 saturated carbocycles. The number of carboxylic acids is 1. The Morgan fingerprint density at radius 3 is 2.00 bits per heavy atom. The Balaban J connectivity index is 4.19. The van der Waals surface area contributed by atoms with Crippen molar-refractivity contribution in [2.24, 2.45) is 17.2 Å². The van der Waals surface area contributed by atoms with Gasteiger partial charge >= 0.3 is 5.97 Å². The highest BCUT2D eigenvalue weighted by Gasteiger charge is 1.96. The van der Waals surface area contributed by atoms with Crippen LogP contribution in [0.1, 0.15) is 0 Å². The molecule has 0 saturated heterocycles. The monoisotopic (exact) mass is 143 g/mol. The number of allylic oxidation sites excluding steroid dienone is 2. The van der Waals surface area contributed by atoms with Crippen molar-refractivity contribution >= 4 is 5.97 Å². The highest BCUT2D eigenvalue weighted by molar-refractivity contribution is 5.85. The van der Waals surface area contributed by atoms with E-state index in [9.17, 15) is 4.79 Å². The van der Waals surface area contributed by atoms with E-state index in [0.29, 0.717) is 0 Å². The zero-order chi connectivity index (χ0) is 8.15. The van der Waals surface area contributed by atoms with Gasteiger partial charge in [0.2, 0.25) is 0 Å². The molecule has 0 atom stereocenters. The first-order valence-electron chi connectivity index (χ1n) is 2.45. The van der Waals surface area contributed by atoms with Crippen molar-refractivity contribution < 1.29 is 9.90 Å². The Hall–Kier alpha value is -1.65. The average Bonchev–Trinajstić information content (AvgIpc) is 1.82. The molecule has 0 aliphatic rings. The summed E-state index contributed by atoms with van der Waals surface area (Å²) >= 11 is 0. The van der Waals surface area contributed by atoms with Crippen LogP contribution in [0.3, 0.4) is 0 Å². The van der Waals surface area contributed by atoms with Gasteiger partial charge < -0.3 is 22.3 Å². The van der Waals surface area contributed by atoms with Crippen LogP contribution in [0.15, 0.2) is 23.7 Å². The highest BCUT2D eigenvalue weighted by Crippen LogP contribution is 1.84. The van der Waals surface area contributed by atoms with Crippen LogP contribution in [0.5, 0.6) is 0 Å². The van der Waals surface area contributed by atoms with E-state index in [2.05, 4.69) is 0 Å². The number of hydrogen-bond donors (Lipinski definition) is 4. The molecule has 0 aliphatic heterocycles. The maximum Gasteiger partial charge on any atom is 0.351 e. The zero-order valence-corrected chi connectivity index (χ0v) is 5.24. The lowest BCUT2D eigenvalue weighted by molar-refractivity contribution is -0.132. The van der Waals surface area contributed by atoms with Crippen molar-refractivity contribution in [3.8, 4) is 0 Å². The Kier molecular flexibility index (Phi) is 2.83. The molecule has 0 heterocycles. The van der Waals surface area contributed by atoms with Crippen LogP contribution in [-0.2, 0) is 4.79 Å². The summed E-state index contributed by atoms with van der Waals surface area (Å²) in [7, 11) is 0. The van der Waals surface area contributed by atoms with Gasteiger partial charge in [-0.25, -0.2) is 4.79 Å². The van der Waals surface area contributed by atoms with Crippen molar-refractivity contribution in [1.82, 2.24) is 0 Å². The number of aliphatic carboxylic acids is 1. The molecule has 5 heteroatoms. The maximum absolute atomic E-state index is 10.0. The average molecular weight is 143 g/mol. The summed E-state index contributed by atoms with van der Waals surface area (Å²) in [5, 5.41) is 8.19. The normalized spacial score (nSPS) is 10.6. The van der Waals surface area contributed by atoms with Crippen molar-refractivity contribution in [2.45, 2.75) is 0 Å². The molecule has 0 fully saturated rings. The molecule has 0 unspecified atom stereocenters. The van der Waals surface area contributed by atoms with E-state index < -0.39 is 5.97 Å². The summed E-state index contributed by atoms with van der Waals surface area (Å²) < 4.78 is 0. The molecule has 56 valence electrons. The van der Waals surface area contributed by atoms with E-state index in [1.165, 1.54) is 6.08 Å². The minimum atomic E-state index is -1.20. The quantitative estimate of drug-likeness (QED) is 0.282. The molecule has 10 heavy (non-hydrogen) atoms. The summed E-state index contributed by atoms with van der Waals surface area (Å²) in [6.07, 6.45) is 2.33. The fourth-order valence-corrected chi connectivity index (χ4v) is 0.257. The predicted octanol–water partition coefficient (Wildman–Crippen LogP) is -1.33. The van der Waals surface area contributed by atoms with Crippen LogP contribution in [-0.4, -0.2) is 11.1 Å². The first-order valence-corrected chi connectivity index (χ1v) is 2.45. The van der Waals surface area contributed by atoms with Crippen molar-refractivity contribution in [3.05, 3.63) is 23.7 Å². The Labute approximate surface area is 57.8 Å². The lowest BCUT2D eigenvalue weighted by Gasteiger charge is -1.89. The first-order chi connectivity index (χ1) is 4.54. The highest BCUT2D eigenvalue weighted by atomic mass is 16.4. The molecule has 0 rings (SSSR count).